The number of hydrogen-bond acceptors (Lipinski definition) is 3. The monoisotopic (exact) mass is 228 g/mol. The summed E-state index contributed by atoms with van der Waals surface area (Å²) in [6.07, 6.45) is 4.69. The Morgan fingerprint density at radius 2 is 2.12 bits per heavy atom. The van der Waals surface area contributed by atoms with Crippen molar-refractivity contribution in [3.63, 3.8) is 0 Å². The zero-order chi connectivity index (χ0) is 12.0. The summed E-state index contributed by atoms with van der Waals surface area (Å²) in [6.45, 7) is 5.15. The first kappa shape index (κ1) is 13.5. The number of carbonyl (C=O) groups excluding carboxylic acids is 1. The molecule has 0 aliphatic heterocycles. The van der Waals surface area contributed by atoms with Crippen molar-refractivity contribution in [2.24, 2.45) is 5.73 Å². The van der Waals surface area contributed by atoms with E-state index in [2.05, 4.69) is 5.32 Å². The van der Waals surface area contributed by atoms with Crippen molar-refractivity contribution >= 4 is 5.91 Å². The number of hydrogen-bond donors (Lipinski definition) is 2. The molecule has 0 heterocycles. The number of nitrogens with one attached hydrogen (secondary N) is 1. The van der Waals surface area contributed by atoms with Gasteiger partial charge in [0.15, 0.2) is 0 Å². The van der Waals surface area contributed by atoms with Crippen molar-refractivity contribution in [1.82, 2.24) is 5.32 Å². The highest BCUT2D eigenvalue weighted by molar-refractivity contribution is 5.77. The van der Waals surface area contributed by atoms with Gasteiger partial charge in [0.2, 0.25) is 5.91 Å². The van der Waals surface area contributed by atoms with Crippen molar-refractivity contribution in [3.8, 4) is 0 Å². The van der Waals surface area contributed by atoms with E-state index >= 15 is 0 Å². The third kappa shape index (κ3) is 4.49. The van der Waals surface area contributed by atoms with Gasteiger partial charge in [-0.1, -0.05) is 12.8 Å². The minimum atomic E-state index is -0.255. The van der Waals surface area contributed by atoms with Crippen LogP contribution in [0.4, 0.5) is 0 Å². The maximum absolute atomic E-state index is 11.7. The normalized spacial score (nSPS) is 20.7. The second-order valence-electron chi connectivity index (χ2n) is 4.87. The zero-order valence-corrected chi connectivity index (χ0v) is 10.4. The Kier molecular flexibility index (Phi) is 5.22. The number of ether oxygens (including phenoxy) is 1. The van der Waals surface area contributed by atoms with Gasteiger partial charge in [0.25, 0.3) is 0 Å². The van der Waals surface area contributed by atoms with Crippen LogP contribution < -0.4 is 11.1 Å². The molecule has 1 unspecified atom stereocenters. The van der Waals surface area contributed by atoms with Crippen molar-refractivity contribution in [2.75, 3.05) is 13.2 Å². The molecule has 1 aliphatic carbocycles. The van der Waals surface area contributed by atoms with Crippen molar-refractivity contribution in [3.05, 3.63) is 0 Å². The van der Waals surface area contributed by atoms with E-state index in [-0.39, 0.29) is 17.5 Å². The maximum atomic E-state index is 11.7. The molecule has 1 amide bonds. The minimum Gasteiger partial charge on any atom is -0.380 e. The molecule has 4 heteroatoms. The summed E-state index contributed by atoms with van der Waals surface area (Å²) in [5.41, 5.74) is 5.89. The largest absolute Gasteiger partial charge is 0.380 e. The van der Waals surface area contributed by atoms with Gasteiger partial charge < -0.3 is 15.8 Å². The molecular formula is C12H24N2O2. The van der Waals surface area contributed by atoms with Crippen LogP contribution in [0.1, 0.15) is 46.0 Å². The van der Waals surface area contributed by atoms with Crippen LogP contribution in [0.25, 0.3) is 0 Å². The Bertz CT molecular complexity index is 225. The molecule has 0 saturated heterocycles. The third-order valence-corrected chi connectivity index (χ3v) is 3.09. The van der Waals surface area contributed by atoms with Gasteiger partial charge in [0.05, 0.1) is 6.61 Å². The number of rotatable bonds is 6. The standard InChI is InChI=1S/C12H24N2O2/c1-3-16-9-10(2)14-11(15)8-12(13)6-4-5-7-12/h10H,3-9,13H2,1-2H3,(H,14,15). The van der Waals surface area contributed by atoms with E-state index in [4.69, 9.17) is 10.5 Å². The smallest absolute Gasteiger partial charge is 0.222 e. The van der Waals surface area contributed by atoms with E-state index in [0.29, 0.717) is 19.6 Å². The van der Waals surface area contributed by atoms with Crippen LogP contribution in [-0.2, 0) is 9.53 Å². The lowest BCUT2D eigenvalue weighted by atomic mass is 9.94. The summed E-state index contributed by atoms with van der Waals surface area (Å²) in [5, 5.41) is 2.92. The molecule has 94 valence electrons. The Morgan fingerprint density at radius 3 is 2.69 bits per heavy atom. The van der Waals surface area contributed by atoms with Crippen LogP contribution in [0.3, 0.4) is 0 Å². The van der Waals surface area contributed by atoms with Crippen molar-refractivity contribution in [2.45, 2.75) is 57.5 Å². The van der Waals surface area contributed by atoms with Gasteiger partial charge in [-0.25, -0.2) is 0 Å². The van der Waals surface area contributed by atoms with E-state index in [0.717, 1.165) is 25.7 Å². The van der Waals surface area contributed by atoms with Crippen LogP contribution in [0.15, 0.2) is 0 Å². The fourth-order valence-electron chi connectivity index (χ4n) is 2.24. The van der Waals surface area contributed by atoms with Crippen LogP contribution in [-0.4, -0.2) is 30.7 Å². The minimum absolute atomic E-state index is 0.0524. The van der Waals surface area contributed by atoms with E-state index in [9.17, 15) is 4.79 Å². The molecule has 1 saturated carbocycles. The summed E-state index contributed by atoms with van der Waals surface area (Å²) in [4.78, 5) is 11.7. The average Bonchev–Trinajstić information content (AvgIpc) is 2.61. The highest BCUT2D eigenvalue weighted by atomic mass is 16.5. The summed E-state index contributed by atoms with van der Waals surface area (Å²) in [5.74, 6) is 0.0524. The highest BCUT2D eigenvalue weighted by Gasteiger charge is 2.31. The first-order valence-corrected chi connectivity index (χ1v) is 6.22. The first-order valence-electron chi connectivity index (χ1n) is 6.22. The summed E-state index contributed by atoms with van der Waals surface area (Å²) in [7, 11) is 0. The SMILES string of the molecule is CCOCC(C)NC(=O)CC1(N)CCCC1. The molecule has 4 nitrogen and oxygen atoms in total. The lowest BCUT2D eigenvalue weighted by Gasteiger charge is -2.23. The molecule has 0 radical (unpaired) electrons. The molecule has 0 aromatic carbocycles. The van der Waals surface area contributed by atoms with E-state index in [1.54, 1.807) is 0 Å². The molecule has 0 spiro atoms. The summed E-state index contributed by atoms with van der Waals surface area (Å²) in [6, 6.07) is 0.0671. The van der Waals surface area contributed by atoms with E-state index in [1.807, 2.05) is 13.8 Å². The fraction of sp³-hybridized carbons (Fsp3) is 0.917. The van der Waals surface area contributed by atoms with Crippen LogP contribution in [0.5, 0.6) is 0 Å². The molecule has 1 atom stereocenters. The Morgan fingerprint density at radius 1 is 1.50 bits per heavy atom. The number of amides is 1. The topological polar surface area (TPSA) is 64.3 Å². The average molecular weight is 228 g/mol. The van der Waals surface area contributed by atoms with Crippen LogP contribution >= 0.6 is 0 Å². The van der Waals surface area contributed by atoms with Gasteiger partial charge in [0.1, 0.15) is 0 Å². The van der Waals surface area contributed by atoms with Gasteiger partial charge >= 0.3 is 0 Å². The lowest BCUT2D eigenvalue weighted by molar-refractivity contribution is -0.123. The molecule has 1 fully saturated rings. The molecule has 1 rings (SSSR count). The predicted octanol–water partition coefficient (Wildman–Crippen LogP) is 1.19. The lowest BCUT2D eigenvalue weighted by Crippen LogP contribution is -2.45. The van der Waals surface area contributed by atoms with Crippen LogP contribution in [0, 0.1) is 0 Å². The number of carbonyl (C=O) groups is 1. The molecule has 16 heavy (non-hydrogen) atoms. The van der Waals surface area contributed by atoms with Gasteiger partial charge in [0, 0.05) is 24.6 Å². The molecule has 3 N–H and O–H groups in total. The second-order valence-corrected chi connectivity index (χ2v) is 4.87. The first-order chi connectivity index (χ1) is 7.56. The molecule has 0 aromatic heterocycles. The van der Waals surface area contributed by atoms with Crippen molar-refractivity contribution < 1.29 is 9.53 Å². The Labute approximate surface area is 97.9 Å². The quantitative estimate of drug-likeness (QED) is 0.717. The van der Waals surface area contributed by atoms with Gasteiger partial charge in [-0.2, -0.15) is 0 Å². The molecular weight excluding hydrogens is 204 g/mol. The van der Waals surface area contributed by atoms with Crippen LogP contribution in [0.2, 0.25) is 0 Å². The highest BCUT2D eigenvalue weighted by Crippen LogP contribution is 2.29. The zero-order valence-electron chi connectivity index (χ0n) is 10.4. The number of nitrogens with two attached hydrogens (primary N) is 1. The Balaban J connectivity index is 2.24. The van der Waals surface area contributed by atoms with E-state index < -0.39 is 0 Å². The third-order valence-electron chi connectivity index (χ3n) is 3.09. The molecule has 0 aromatic rings. The van der Waals surface area contributed by atoms with Gasteiger partial charge in [-0.3, -0.25) is 4.79 Å². The summed E-state index contributed by atoms with van der Waals surface area (Å²) >= 11 is 0. The van der Waals surface area contributed by atoms with Gasteiger partial charge in [-0.15, -0.1) is 0 Å². The summed E-state index contributed by atoms with van der Waals surface area (Å²) < 4.78 is 5.25. The van der Waals surface area contributed by atoms with Crippen molar-refractivity contribution in [1.29, 1.82) is 0 Å². The maximum Gasteiger partial charge on any atom is 0.222 e. The molecule has 1 aliphatic rings. The molecule has 0 bridgehead atoms. The Hall–Kier alpha value is -0.610. The van der Waals surface area contributed by atoms with E-state index in [1.165, 1.54) is 0 Å². The fourth-order valence-corrected chi connectivity index (χ4v) is 2.24. The predicted molar refractivity (Wildman–Crippen MR) is 64.1 cm³/mol. The van der Waals surface area contributed by atoms with Gasteiger partial charge in [-0.05, 0) is 26.7 Å². The second kappa shape index (κ2) is 6.21.